The molecule has 0 unspecified atom stereocenters. The second kappa shape index (κ2) is 5.84. The molecule has 27 heavy (non-hydrogen) atoms. The number of phenolic OH excluding ortho intramolecular Hbond substituents is 1. The fraction of sp³-hybridized carbons (Fsp3) is 0.357. The van der Waals surface area contributed by atoms with Crippen molar-refractivity contribution < 1.29 is 23.9 Å². The molecule has 0 spiro atoms. The van der Waals surface area contributed by atoms with Crippen LogP contribution in [0.1, 0.15) is 15.9 Å². The summed E-state index contributed by atoms with van der Waals surface area (Å²) in [6.07, 6.45) is 0. The summed E-state index contributed by atoms with van der Waals surface area (Å²) in [6, 6.07) is -1.68. The van der Waals surface area contributed by atoms with Crippen LogP contribution in [0.4, 0.5) is 10.1 Å². The molecular formula is C14H9B5FN3O4. The van der Waals surface area contributed by atoms with Crippen LogP contribution in [0, 0.1) is 5.82 Å². The number of carbonyl (C=O) groups is 3. The van der Waals surface area contributed by atoms with Crippen LogP contribution in [0.25, 0.3) is 0 Å². The molecule has 7 nitrogen and oxygen atoms in total. The number of rotatable bonds is 2. The van der Waals surface area contributed by atoms with Gasteiger partial charge in [0.25, 0.3) is 5.91 Å². The number of imide groups is 1. The van der Waals surface area contributed by atoms with Crippen molar-refractivity contribution in [2.24, 2.45) is 0 Å². The van der Waals surface area contributed by atoms with Crippen LogP contribution in [-0.4, -0.2) is 80.0 Å². The lowest BCUT2D eigenvalue weighted by Crippen LogP contribution is -2.66. The van der Waals surface area contributed by atoms with Gasteiger partial charge < -0.3 is 15.3 Å². The molecular weight excluding hydrogens is 347 g/mol. The quantitative estimate of drug-likeness (QED) is 0.303. The number of nitrogens with zero attached hydrogens (tertiary/aromatic N) is 1. The van der Waals surface area contributed by atoms with E-state index in [0.717, 1.165) is 4.90 Å². The molecule has 3 N–H and O–H groups in total. The number of fused-ring (bicyclic) bond motifs is 1. The van der Waals surface area contributed by atoms with Crippen LogP contribution in [0.2, 0.25) is 10.4 Å². The van der Waals surface area contributed by atoms with E-state index in [1.54, 1.807) is 0 Å². The number of phenols is 1. The maximum atomic E-state index is 14.2. The molecule has 3 rings (SSSR count). The Morgan fingerprint density at radius 3 is 2.41 bits per heavy atom. The highest BCUT2D eigenvalue weighted by Gasteiger charge is 2.57. The highest BCUT2D eigenvalue weighted by Crippen LogP contribution is 2.51. The summed E-state index contributed by atoms with van der Waals surface area (Å²) in [4.78, 5) is 38.0. The Balaban J connectivity index is 2.15. The van der Waals surface area contributed by atoms with Gasteiger partial charge in [0.2, 0.25) is 11.8 Å². The van der Waals surface area contributed by atoms with Gasteiger partial charge in [0.15, 0.2) is 11.6 Å². The van der Waals surface area contributed by atoms with Gasteiger partial charge >= 0.3 is 0 Å². The van der Waals surface area contributed by atoms with E-state index >= 15 is 0 Å². The Morgan fingerprint density at radius 2 is 1.85 bits per heavy atom. The molecule has 0 aromatic heterocycles. The molecule has 10 radical (unpaired) electrons. The molecule has 2 aliphatic rings. The molecule has 3 amide bonds. The lowest BCUT2D eigenvalue weighted by molar-refractivity contribution is -0.138. The van der Waals surface area contributed by atoms with E-state index in [1.807, 2.05) is 5.32 Å². The Labute approximate surface area is 160 Å². The van der Waals surface area contributed by atoms with E-state index in [4.69, 9.17) is 39.2 Å². The van der Waals surface area contributed by atoms with Crippen LogP contribution >= 0.6 is 0 Å². The minimum Gasteiger partial charge on any atom is -0.504 e. The van der Waals surface area contributed by atoms with Crippen molar-refractivity contribution in [2.45, 2.75) is 23.0 Å². The first-order valence-corrected chi connectivity index (χ1v) is 7.70. The Kier molecular flexibility index (Phi) is 4.21. The number of hydrogen-bond acceptors (Lipinski definition) is 5. The molecule has 1 aromatic rings. The van der Waals surface area contributed by atoms with E-state index in [0.29, 0.717) is 0 Å². The molecule has 126 valence electrons. The third-order valence-corrected chi connectivity index (χ3v) is 4.95. The van der Waals surface area contributed by atoms with Gasteiger partial charge in [-0.15, -0.1) is 0 Å². The molecule has 0 bridgehead atoms. The van der Waals surface area contributed by atoms with E-state index < -0.39 is 56.8 Å². The van der Waals surface area contributed by atoms with Gasteiger partial charge in [0, 0.05) is 24.8 Å². The van der Waals surface area contributed by atoms with Gasteiger partial charge in [0.05, 0.1) is 36.9 Å². The minimum absolute atomic E-state index is 0.0508. The molecule has 1 fully saturated rings. The molecule has 2 heterocycles. The number of hydrogen-bond donors (Lipinski definition) is 3. The molecule has 1 saturated heterocycles. The van der Waals surface area contributed by atoms with Gasteiger partial charge in [0.1, 0.15) is 13.9 Å². The van der Waals surface area contributed by atoms with Crippen molar-refractivity contribution in [1.29, 1.82) is 0 Å². The van der Waals surface area contributed by atoms with Gasteiger partial charge in [-0.05, 0) is 10.7 Å². The zero-order valence-electron chi connectivity index (χ0n) is 14.2. The predicted molar refractivity (Wildman–Crippen MR) is 98.2 cm³/mol. The number of carbonyl (C=O) groups excluding carboxylic acids is 3. The first-order valence-electron chi connectivity index (χ1n) is 7.70. The van der Waals surface area contributed by atoms with Crippen molar-refractivity contribution in [1.82, 2.24) is 10.2 Å². The number of amides is 3. The second-order valence-corrected chi connectivity index (χ2v) is 6.51. The van der Waals surface area contributed by atoms with E-state index in [-0.39, 0.29) is 17.8 Å². The highest BCUT2D eigenvalue weighted by molar-refractivity contribution is 6.63. The van der Waals surface area contributed by atoms with Crippen LogP contribution in [0.5, 0.6) is 5.75 Å². The summed E-state index contributed by atoms with van der Waals surface area (Å²) in [5, 5.41) is 9.85. The Bertz CT molecular complexity index is 907. The maximum absolute atomic E-state index is 14.2. The van der Waals surface area contributed by atoms with E-state index in [9.17, 15) is 23.9 Å². The van der Waals surface area contributed by atoms with Gasteiger partial charge in [-0.25, -0.2) is 4.39 Å². The number of nitrogens with one attached hydrogen (secondary N) is 2. The third-order valence-electron chi connectivity index (χ3n) is 4.95. The summed E-state index contributed by atoms with van der Waals surface area (Å²) >= 11 is 0. The number of benzene rings is 1. The van der Waals surface area contributed by atoms with Crippen LogP contribution < -0.4 is 16.1 Å². The van der Waals surface area contributed by atoms with Crippen LogP contribution in [0.3, 0.4) is 0 Å². The SMILES string of the molecule is [B]c1c(F)c(O)c2c(c1NC)CN([C@H]1C(=O)NC(=O)C([B])([B])C1([B])[B])C2=O. The topological polar surface area (TPSA) is 98.7 Å². The molecule has 0 aliphatic carbocycles. The first kappa shape index (κ1) is 19.4. The summed E-state index contributed by atoms with van der Waals surface area (Å²) in [5.74, 6) is -5.27. The van der Waals surface area contributed by atoms with Crippen molar-refractivity contribution in [3.05, 3.63) is 16.9 Å². The molecule has 1 atom stereocenters. The molecule has 1 aromatic carbocycles. The fourth-order valence-corrected chi connectivity index (χ4v) is 3.37. The molecule has 13 heteroatoms. The number of halogens is 1. The normalized spacial score (nSPS) is 23.1. The van der Waals surface area contributed by atoms with Crippen molar-refractivity contribution in [3.63, 3.8) is 0 Å². The Hall–Kier alpha value is -2.32. The molecule has 0 saturated carbocycles. The average molecular weight is 356 g/mol. The standard InChI is InChI=1S/C14H9B5FN3O4/c1-21-7-3-2-23(11(26)4(3)8(24)6(20)5(7)15)9-10(25)22-12(27)14(18,19)13(9,16)17/h9,21,24H,2H2,1H3,(H,22,25,27)/t9-/m0/s1. The summed E-state index contributed by atoms with van der Waals surface area (Å²) in [5.41, 5.74) is -0.648. The smallest absolute Gasteiger partial charge is 0.259 e. The van der Waals surface area contributed by atoms with Crippen molar-refractivity contribution in [2.75, 3.05) is 12.4 Å². The lowest BCUT2D eigenvalue weighted by Gasteiger charge is -2.53. The van der Waals surface area contributed by atoms with Crippen LogP contribution in [0.15, 0.2) is 0 Å². The summed E-state index contributed by atoms with van der Waals surface area (Å²) in [6.45, 7) is -0.319. The molecule has 2 aliphatic heterocycles. The zero-order valence-corrected chi connectivity index (χ0v) is 14.2. The summed E-state index contributed by atoms with van der Waals surface area (Å²) in [7, 11) is 30.2. The van der Waals surface area contributed by atoms with E-state index in [2.05, 4.69) is 5.32 Å². The third kappa shape index (κ3) is 2.36. The van der Waals surface area contributed by atoms with Crippen LogP contribution in [-0.2, 0) is 16.1 Å². The predicted octanol–water partition coefficient (Wildman–Crippen LogP) is -2.75. The highest BCUT2D eigenvalue weighted by atomic mass is 19.1. The maximum Gasteiger partial charge on any atom is 0.259 e. The monoisotopic (exact) mass is 357 g/mol. The van der Waals surface area contributed by atoms with Gasteiger partial charge in [-0.2, -0.15) is 0 Å². The van der Waals surface area contributed by atoms with Crippen molar-refractivity contribution >= 4 is 68.1 Å². The van der Waals surface area contributed by atoms with Crippen molar-refractivity contribution in [3.8, 4) is 5.75 Å². The number of aromatic hydroxyl groups is 1. The minimum atomic E-state index is -2.39. The summed E-state index contributed by atoms with van der Waals surface area (Å²) < 4.78 is 14.2. The number of piperidine rings is 1. The average Bonchev–Trinajstić information content (AvgIpc) is 2.89. The zero-order chi connectivity index (χ0) is 20.5. The van der Waals surface area contributed by atoms with Gasteiger partial charge in [-0.3, -0.25) is 19.7 Å². The van der Waals surface area contributed by atoms with E-state index in [1.165, 1.54) is 7.05 Å². The first-order chi connectivity index (χ1) is 12.4. The second-order valence-electron chi connectivity index (χ2n) is 6.51. The number of anilines is 1. The van der Waals surface area contributed by atoms with Gasteiger partial charge in [-0.1, -0.05) is 5.21 Å². The fourth-order valence-electron chi connectivity index (χ4n) is 3.37. The lowest BCUT2D eigenvalue weighted by atomic mass is 9.26. The largest absolute Gasteiger partial charge is 0.504 e. The Morgan fingerprint density at radius 1 is 1.26 bits per heavy atom.